The van der Waals surface area contributed by atoms with Gasteiger partial charge in [0.2, 0.25) is 0 Å². The quantitative estimate of drug-likeness (QED) is 0.879. The first-order valence-electron chi connectivity index (χ1n) is 6.04. The van der Waals surface area contributed by atoms with Crippen LogP contribution < -0.4 is 10.6 Å². The molecule has 0 saturated carbocycles. The van der Waals surface area contributed by atoms with E-state index in [2.05, 4.69) is 15.4 Å². The summed E-state index contributed by atoms with van der Waals surface area (Å²) in [5, 5.41) is 6.05. The molecule has 5 heteroatoms. The number of hydrogen-bond acceptors (Lipinski definition) is 4. The molecule has 1 aliphatic heterocycles. The number of anilines is 2. The summed E-state index contributed by atoms with van der Waals surface area (Å²) in [6, 6.07) is 7.66. The molecular formula is C13H18N2O2S. The van der Waals surface area contributed by atoms with Gasteiger partial charge in [0.05, 0.1) is 7.11 Å². The Balaban J connectivity index is 1.81. The summed E-state index contributed by atoms with van der Waals surface area (Å²) in [7, 11) is 1.35. The first-order chi connectivity index (χ1) is 8.78. The lowest BCUT2D eigenvalue weighted by Crippen LogP contribution is -2.13. The minimum atomic E-state index is -0.446. The summed E-state index contributed by atoms with van der Waals surface area (Å²) in [5.41, 5.74) is 1.83. The van der Waals surface area contributed by atoms with E-state index in [4.69, 9.17) is 0 Å². The summed E-state index contributed by atoms with van der Waals surface area (Å²) in [6.07, 6.45) is 0.860. The van der Waals surface area contributed by atoms with Crippen LogP contribution in [0.3, 0.4) is 0 Å². The standard InChI is InChI=1S/C13H18N2O2S/c1-17-13(16)15-12-4-2-11(3-5-12)14-8-10-6-7-18-9-10/h2-5,10,14H,6-9H2,1H3,(H,15,16). The fourth-order valence-corrected chi connectivity index (χ4v) is 3.13. The van der Waals surface area contributed by atoms with Crippen LogP contribution >= 0.6 is 11.8 Å². The predicted molar refractivity (Wildman–Crippen MR) is 76.4 cm³/mol. The Morgan fingerprint density at radius 3 is 2.72 bits per heavy atom. The van der Waals surface area contributed by atoms with Crippen molar-refractivity contribution < 1.29 is 9.53 Å². The number of hydrogen-bond donors (Lipinski definition) is 2. The third-order valence-electron chi connectivity index (χ3n) is 2.94. The molecule has 0 spiro atoms. The lowest BCUT2D eigenvalue weighted by molar-refractivity contribution is 0.187. The van der Waals surface area contributed by atoms with Crippen molar-refractivity contribution in [2.24, 2.45) is 5.92 Å². The first kappa shape index (κ1) is 13.1. The first-order valence-corrected chi connectivity index (χ1v) is 7.20. The van der Waals surface area contributed by atoms with E-state index in [1.165, 1.54) is 25.0 Å². The Bertz CT molecular complexity index is 388. The van der Waals surface area contributed by atoms with Gasteiger partial charge >= 0.3 is 6.09 Å². The van der Waals surface area contributed by atoms with Crippen molar-refractivity contribution in [3.8, 4) is 0 Å². The lowest BCUT2D eigenvalue weighted by Gasteiger charge is -2.11. The highest BCUT2D eigenvalue weighted by atomic mass is 32.2. The van der Waals surface area contributed by atoms with Crippen molar-refractivity contribution >= 4 is 29.2 Å². The Morgan fingerprint density at radius 1 is 1.39 bits per heavy atom. The Hall–Kier alpha value is -1.36. The average Bonchev–Trinajstić information content (AvgIpc) is 2.91. The second-order valence-corrected chi connectivity index (χ2v) is 5.45. The fraction of sp³-hybridized carbons (Fsp3) is 0.462. The van der Waals surface area contributed by atoms with Gasteiger partial charge in [0.25, 0.3) is 0 Å². The van der Waals surface area contributed by atoms with Crippen molar-refractivity contribution in [1.82, 2.24) is 0 Å². The normalized spacial score (nSPS) is 18.4. The van der Waals surface area contributed by atoms with Crippen LogP contribution in [0.4, 0.5) is 16.2 Å². The van der Waals surface area contributed by atoms with E-state index in [1.54, 1.807) is 0 Å². The van der Waals surface area contributed by atoms with Crippen LogP contribution in [0.15, 0.2) is 24.3 Å². The molecule has 1 saturated heterocycles. The molecule has 1 atom stereocenters. The van der Waals surface area contributed by atoms with Crippen molar-refractivity contribution in [3.63, 3.8) is 0 Å². The Kier molecular flexibility index (Phi) is 4.75. The molecule has 1 aromatic carbocycles. The van der Waals surface area contributed by atoms with Gasteiger partial charge in [0, 0.05) is 17.9 Å². The van der Waals surface area contributed by atoms with Crippen LogP contribution in [-0.2, 0) is 4.74 Å². The third kappa shape index (κ3) is 3.84. The van der Waals surface area contributed by atoms with Gasteiger partial charge in [0.15, 0.2) is 0 Å². The number of ether oxygens (including phenoxy) is 1. The number of nitrogens with one attached hydrogen (secondary N) is 2. The third-order valence-corrected chi connectivity index (χ3v) is 4.17. The number of carbonyl (C=O) groups excluding carboxylic acids is 1. The van der Waals surface area contributed by atoms with Gasteiger partial charge in [-0.15, -0.1) is 0 Å². The van der Waals surface area contributed by atoms with Crippen LogP contribution in [0.2, 0.25) is 0 Å². The number of rotatable bonds is 4. The number of methoxy groups -OCH3 is 1. The zero-order chi connectivity index (χ0) is 12.8. The molecule has 1 fully saturated rings. The van der Waals surface area contributed by atoms with Crippen LogP contribution in [0.25, 0.3) is 0 Å². The number of thioether (sulfide) groups is 1. The molecule has 0 aliphatic carbocycles. The van der Waals surface area contributed by atoms with Crippen LogP contribution in [0, 0.1) is 5.92 Å². The van der Waals surface area contributed by atoms with Gasteiger partial charge in [0.1, 0.15) is 0 Å². The highest BCUT2D eigenvalue weighted by Gasteiger charge is 2.14. The van der Waals surface area contributed by atoms with E-state index in [9.17, 15) is 4.79 Å². The second-order valence-electron chi connectivity index (χ2n) is 4.30. The van der Waals surface area contributed by atoms with Gasteiger partial charge in [-0.1, -0.05) is 0 Å². The molecule has 0 aromatic heterocycles. The molecule has 1 unspecified atom stereocenters. The molecule has 1 amide bonds. The van der Waals surface area contributed by atoms with Crippen LogP contribution in [0.5, 0.6) is 0 Å². The molecule has 1 aromatic rings. The fourth-order valence-electron chi connectivity index (χ4n) is 1.85. The van der Waals surface area contributed by atoms with E-state index >= 15 is 0 Å². The second kappa shape index (κ2) is 6.54. The Labute approximate surface area is 111 Å². The summed E-state index contributed by atoms with van der Waals surface area (Å²) in [5.74, 6) is 3.33. The summed E-state index contributed by atoms with van der Waals surface area (Å²) in [6.45, 7) is 1.02. The molecule has 98 valence electrons. The zero-order valence-electron chi connectivity index (χ0n) is 10.4. The van der Waals surface area contributed by atoms with Crippen molar-refractivity contribution in [3.05, 3.63) is 24.3 Å². The summed E-state index contributed by atoms with van der Waals surface area (Å²) >= 11 is 2.03. The number of amides is 1. The van der Waals surface area contributed by atoms with Crippen molar-refractivity contribution in [2.75, 3.05) is 35.8 Å². The van der Waals surface area contributed by atoms with Gasteiger partial charge in [-0.3, -0.25) is 5.32 Å². The number of carbonyl (C=O) groups is 1. The maximum Gasteiger partial charge on any atom is 0.411 e. The largest absolute Gasteiger partial charge is 0.453 e. The SMILES string of the molecule is COC(=O)Nc1ccc(NCC2CCSC2)cc1. The van der Waals surface area contributed by atoms with E-state index in [1.807, 2.05) is 36.0 Å². The number of benzene rings is 1. The molecule has 2 N–H and O–H groups in total. The maximum absolute atomic E-state index is 11.0. The maximum atomic E-state index is 11.0. The van der Waals surface area contributed by atoms with E-state index in [0.717, 1.165) is 23.8 Å². The van der Waals surface area contributed by atoms with Gasteiger partial charge in [-0.05, 0) is 48.1 Å². The van der Waals surface area contributed by atoms with Gasteiger partial charge in [-0.25, -0.2) is 4.79 Å². The highest BCUT2D eigenvalue weighted by Crippen LogP contribution is 2.24. The molecule has 4 nitrogen and oxygen atoms in total. The van der Waals surface area contributed by atoms with E-state index < -0.39 is 6.09 Å². The average molecular weight is 266 g/mol. The molecule has 0 radical (unpaired) electrons. The summed E-state index contributed by atoms with van der Waals surface area (Å²) < 4.78 is 4.53. The topological polar surface area (TPSA) is 50.4 Å². The van der Waals surface area contributed by atoms with Crippen molar-refractivity contribution in [2.45, 2.75) is 6.42 Å². The monoisotopic (exact) mass is 266 g/mol. The molecule has 1 aliphatic rings. The minimum Gasteiger partial charge on any atom is -0.453 e. The predicted octanol–water partition coefficient (Wildman–Crippen LogP) is 3.03. The van der Waals surface area contributed by atoms with Crippen molar-refractivity contribution in [1.29, 1.82) is 0 Å². The summed E-state index contributed by atoms with van der Waals surface area (Å²) in [4.78, 5) is 11.0. The highest BCUT2D eigenvalue weighted by molar-refractivity contribution is 7.99. The van der Waals surface area contributed by atoms with Gasteiger partial charge < -0.3 is 10.1 Å². The lowest BCUT2D eigenvalue weighted by atomic mass is 10.1. The van der Waals surface area contributed by atoms with Crippen LogP contribution in [-0.4, -0.2) is 31.3 Å². The van der Waals surface area contributed by atoms with E-state index in [-0.39, 0.29) is 0 Å². The molecule has 2 rings (SSSR count). The van der Waals surface area contributed by atoms with Gasteiger partial charge in [-0.2, -0.15) is 11.8 Å². The molecule has 18 heavy (non-hydrogen) atoms. The zero-order valence-corrected chi connectivity index (χ0v) is 11.3. The van der Waals surface area contributed by atoms with Crippen LogP contribution in [0.1, 0.15) is 6.42 Å². The smallest absolute Gasteiger partial charge is 0.411 e. The van der Waals surface area contributed by atoms with E-state index in [0.29, 0.717) is 0 Å². The molecular weight excluding hydrogens is 248 g/mol. The minimum absolute atomic E-state index is 0.446. The molecule has 1 heterocycles. The Morgan fingerprint density at radius 2 is 2.11 bits per heavy atom. The molecule has 0 bridgehead atoms.